The average molecular weight is 497 g/mol. The minimum atomic E-state index is 0.537. The summed E-state index contributed by atoms with van der Waals surface area (Å²) in [4.78, 5) is 0. The van der Waals surface area contributed by atoms with Crippen molar-refractivity contribution < 1.29 is 0 Å². The van der Waals surface area contributed by atoms with Crippen LogP contribution in [0.25, 0.3) is 16.9 Å². The molecule has 0 N–H and O–H groups in total. The van der Waals surface area contributed by atoms with Crippen molar-refractivity contribution in [2.75, 3.05) is 5.01 Å². The standard InChI is InChI=1S/C29H22Cl2N4/c30-24-16-17-27(28(31)18-24)29-23(21-35(33-29)26-14-8-3-9-15-26)19-32-34(25-12-6-2-7-13-25)20-22-10-4-1-5-11-22/h1-19,21H,20H2/b32-19+. The van der Waals surface area contributed by atoms with E-state index in [9.17, 15) is 0 Å². The van der Waals surface area contributed by atoms with Crippen LogP contribution in [0.2, 0.25) is 10.0 Å². The summed E-state index contributed by atoms with van der Waals surface area (Å²) in [5, 5.41) is 12.8. The molecule has 1 heterocycles. The number of hydrogen-bond acceptors (Lipinski definition) is 3. The molecule has 0 atom stereocenters. The quantitative estimate of drug-likeness (QED) is 0.169. The molecule has 4 aromatic carbocycles. The second-order valence-corrected chi connectivity index (χ2v) is 8.80. The van der Waals surface area contributed by atoms with Gasteiger partial charge in [-0.2, -0.15) is 10.2 Å². The normalized spacial score (nSPS) is 11.1. The zero-order valence-electron chi connectivity index (χ0n) is 18.8. The molecule has 0 amide bonds. The first kappa shape index (κ1) is 22.9. The fraction of sp³-hybridized carbons (Fsp3) is 0.0345. The van der Waals surface area contributed by atoms with Crippen LogP contribution >= 0.6 is 23.2 Å². The number of halogens is 2. The van der Waals surface area contributed by atoms with Crippen LogP contribution < -0.4 is 5.01 Å². The van der Waals surface area contributed by atoms with Gasteiger partial charge < -0.3 is 0 Å². The maximum Gasteiger partial charge on any atom is 0.103 e. The second kappa shape index (κ2) is 10.6. The van der Waals surface area contributed by atoms with Gasteiger partial charge >= 0.3 is 0 Å². The van der Waals surface area contributed by atoms with E-state index in [4.69, 9.17) is 33.4 Å². The zero-order valence-corrected chi connectivity index (χ0v) is 20.3. The third-order valence-electron chi connectivity index (χ3n) is 5.52. The lowest BCUT2D eigenvalue weighted by atomic mass is 10.1. The Morgan fingerprint density at radius 2 is 1.46 bits per heavy atom. The van der Waals surface area contributed by atoms with Gasteiger partial charge in [-0.15, -0.1) is 0 Å². The Morgan fingerprint density at radius 1 is 0.800 bits per heavy atom. The van der Waals surface area contributed by atoms with Crippen molar-refractivity contribution in [1.82, 2.24) is 9.78 Å². The predicted octanol–water partition coefficient (Wildman–Crippen LogP) is 7.89. The molecule has 0 saturated carbocycles. The van der Waals surface area contributed by atoms with Crippen LogP contribution in [0.1, 0.15) is 11.1 Å². The fourth-order valence-corrected chi connectivity index (χ4v) is 4.27. The summed E-state index contributed by atoms with van der Waals surface area (Å²) in [6, 6.07) is 35.8. The van der Waals surface area contributed by atoms with E-state index >= 15 is 0 Å². The number of hydrazone groups is 1. The van der Waals surface area contributed by atoms with Gasteiger partial charge in [0.05, 0.1) is 29.2 Å². The first-order chi connectivity index (χ1) is 17.2. The topological polar surface area (TPSA) is 33.4 Å². The van der Waals surface area contributed by atoms with Gasteiger partial charge in [0.2, 0.25) is 0 Å². The summed E-state index contributed by atoms with van der Waals surface area (Å²) in [6.45, 7) is 0.630. The molecule has 6 heteroatoms. The van der Waals surface area contributed by atoms with Crippen molar-refractivity contribution in [3.05, 3.63) is 137 Å². The van der Waals surface area contributed by atoms with Crippen LogP contribution in [0, 0.1) is 0 Å². The number of benzene rings is 4. The number of nitrogens with zero attached hydrogens (tertiary/aromatic N) is 4. The van der Waals surface area contributed by atoms with Crippen LogP contribution in [0.3, 0.4) is 0 Å². The first-order valence-corrected chi connectivity index (χ1v) is 11.9. The smallest absolute Gasteiger partial charge is 0.103 e. The summed E-state index contributed by atoms with van der Waals surface area (Å²) in [5.41, 5.74) is 5.46. The molecule has 0 saturated heterocycles. The molecule has 0 bridgehead atoms. The molecule has 35 heavy (non-hydrogen) atoms. The number of para-hydroxylation sites is 2. The van der Waals surface area contributed by atoms with Crippen LogP contribution in [0.5, 0.6) is 0 Å². The fourth-order valence-electron chi connectivity index (χ4n) is 3.77. The number of hydrogen-bond donors (Lipinski definition) is 0. The van der Waals surface area contributed by atoms with E-state index in [0.717, 1.165) is 33.8 Å². The number of aromatic nitrogens is 2. The third-order valence-corrected chi connectivity index (χ3v) is 6.06. The second-order valence-electron chi connectivity index (χ2n) is 7.96. The maximum atomic E-state index is 6.57. The molecule has 0 aliphatic rings. The lowest BCUT2D eigenvalue weighted by Crippen LogP contribution is -2.16. The minimum absolute atomic E-state index is 0.537. The summed E-state index contributed by atoms with van der Waals surface area (Å²) in [6.07, 6.45) is 3.80. The van der Waals surface area contributed by atoms with Gasteiger partial charge in [0, 0.05) is 22.3 Å². The SMILES string of the molecule is Clc1ccc(-c2nn(-c3ccccc3)cc2/C=N/N(Cc2ccccc2)c2ccccc2)c(Cl)c1. The zero-order chi connectivity index (χ0) is 24.0. The molecule has 0 aliphatic heterocycles. The van der Waals surface area contributed by atoms with Gasteiger partial charge in [-0.3, -0.25) is 5.01 Å². The Labute approximate surface area is 214 Å². The molecule has 0 radical (unpaired) electrons. The third kappa shape index (κ3) is 5.46. The van der Waals surface area contributed by atoms with E-state index in [2.05, 4.69) is 12.1 Å². The van der Waals surface area contributed by atoms with Gasteiger partial charge in [0.1, 0.15) is 5.69 Å². The van der Waals surface area contributed by atoms with Crippen molar-refractivity contribution in [2.45, 2.75) is 6.54 Å². The van der Waals surface area contributed by atoms with Crippen molar-refractivity contribution in [3.8, 4) is 16.9 Å². The van der Waals surface area contributed by atoms with Gasteiger partial charge in [-0.1, -0.05) is 89.9 Å². The van der Waals surface area contributed by atoms with Gasteiger partial charge in [-0.25, -0.2) is 4.68 Å². The molecule has 5 aromatic rings. The molecule has 0 unspecified atom stereocenters. The highest BCUT2D eigenvalue weighted by molar-refractivity contribution is 6.36. The molecule has 5 rings (SSSR count). The lowest BCUT2D eigenvalue weighted by Gasteiger charge is -2.19. The highest BCUT2D eigenvalue weighted by atomic mass is 35.5. The molecular weight excluding hydrogens is 475 g/mol. The Hall–Kier alpha value is -3.86. The summed E-state index contributed by atoms with van der Waals surface area (Å²) in [5.74, 6) is 0. The minimum Gasteiger partial charge on any atom is -0.261 e. The highest BCUT2D eigenvalue weighted by Crippen LogP contribution is 2.32. The Morgan fingerprint density at radius 3 is 2.14 bits per heavy atom. The molecule has 0 spiro atoms. The van der Waals surface area contributed by atoms with E-state index in [1.807, 2.05) is 113 Å². The van der Waals surface area contributed by atoms with Crippen molar-refractivity contribution >= 4 is 35.1 Å². The van der Waals surface area contributed by atoms with Crippen LogP contribution in [-0.2, 0) is 6.54 Å². The number of anilines is 1. The average Bonchev–Trinajstić information content (AvgIpc) is 3.32. The highest BCUT2D eigenvalue weighted by Gasteiger charge is 2.15. The summed E-state index contributed by atoms with van der Waals surface area (Å²) < 4.78 is 1.84. The van der Waals surface area contributed by atoms with Crippen LogP contribution in [0.15, 0.2) is 120 Å². The molecule has 1 aromatic heterocycles. The Balaban J connectivity index is 1.57. The van der Waals surface area contributed by atoms with E-state index in [1.54, 1.807) is 6.07 Å². The number of rotatable bonds is 7. The maximum absolute atomic E-state index is 6.57. The van der Waals surface area contributed by atoms with Gasteiger partial charge in [-0.05, 0) is 48.0 Å². The van der Waals surface area contributed by atoms with Crippen molar-refractivity contribution in [1.29, 1.82) is 0 Å². The van der Waals surface area contributed by atoms with Crippen LogP contribution in [-0.4, -0.2) is 16.0 Å². The predicted molar refractivity (Wildman–Crippen MR) is 146 cm³/mol. The lowest BCUT2D eigenvalue weighted by molar-refractivity contribution is 0.858. The van der Waals surface area contributed by atoms with Crippen LogP contribution in [0.4, 0.5) is 5.69 Å². The summed E-state index contributed by atoms with van der Waals surface area (Å²) in [7, 11) is 0. The molecule has 172 valence electrons. The van der Waals surface area contributed by atoms with Gasteiger partial charge in [0.15, 0.2) is 0 Å². The van der Waals surface area contributed by atoms with E-state index in [-0.39, 0.29) is 0 Å². The summed E-state index contributed by atoms with van der Waals surface area (Å²) >= 11 is 12.7. The molecule has 0 fully saturated rings. The monoisotopic (exact) mass is 496 g/mol. The molecule has 0 aliphatic carbocycles. The molecular formula is C29H22Cl2N4. The van der Waals surface area contributed by atoms with Gasteiger partial charge in [0.25, 0.3) is 0 Å². The Kier molecular flexibility index (Phi) is 6.94. The Bertz CT molecular complexity index is 1430. The van der Waals surface area contributed by atoms with Crippen molar-refractivity contribution in [3.63, 3.8) is 0 Å². The molecule has 4 nitrogen and oxygen atoms in total. The van der Waals surface area contributed by atoms with Crippen molar-refractivity contribution in [2.24, 2.45) is 5.10 Å². The largest absolute Gasteiger partial charge is 0.261 e. The van der Waals surface area contributed by atoms with E-state index < -0.39 is 0 Å². The first-order valence-electron chi connectivity index (χ1n) is 11.2. The van der Waals surface area contributed by atoms with E-state index in [1.165, 1.54) is 0 Å². The van der Waals surface area contributed by atoms with E-state index in [0.29, 0.717) is 16.6 Å².